The zero-order valence-electron chi connectivity index (χ0n) is 15.9. The summed E-state index contributed by atoms with van der Waals surface area (Å²) in [6, 6.07) is 9.58. The number of nitrogens with zero attached hydrogens (tertiary/aromatic N) is 1. The molecule has 0 unspecified atom stereocenters. The summed E-state index contributed by atoms with van der Waals surface area (Å²) in [6.07, 6.45) is 4.50. The molecule has 0 saturated heterocycles. The molecule has 1 amide bonds. The summed E-state index contributed by atoms with van der Waals surface area (Å²) < 4.78 is 4.95. The van der Waals surface area contributed by atoms with Gasteiger partial charge in [-0.05, 0) is 61.4 Å². The number of ether oxygens (including phenoxy) is 1. The molecular weight excluding hydrogens is 396 g/mol. The molecule has 0 aliphatic heterocycles. The standard InChI is InChI=1S/C21H21ClN2O5/c1-13(15-7-6-14-4-2-3-5-16(14)10-15)23-20(25)12-29-21(26)18-9-8-17(22)11-19(18)24(27)28/h6-11,13H,2-5,12H2,1H3,(H,23,25)/t13-/m1/s1. The number of aryl methyl sites for hydroxylation is 2. The largest absolute Gasteiger partial charge is 0.452 e. The van der Waals surface area contributed by atoms with E-state index in [0.29, 0.717) is 0 Å². The zero-order valence-corrected chi connectivity index (χ0v) is 16.7. The van der Waals surface area contributed by atoms with Gasteiger partial charge in [0.15, 0.2) is 6.61 Å². The van der Waals surface area contributed by atoms with Crippen molar-refractivity contribution in [2.24, 2.45) is 0 Å². The van der Waals surface area contributed by atoms with Crippen molar-refractivity contribution in [3.05, 3.63) is 73.8 Å². The van der Waals surface area contributed by atoms with Crippen LogP contribution in [0.1, 0.15) is 52.9 Å². The number of carbonyl (C=O) groups is 2. The minimum absolute atomic E-state index is 0.130. The van der Waals surface area contributed by atoms with Crippen LogP contribution in [-0.2, 0) is 22.4 Å². The molecular formula is C21H21ClN2O5. The normalized spacial score (nSPS) is 13.9. The predicted molar refractivity (Wildman–Crippen MR) is 108 cm³/mol. The second kappa shape index (κ2) is 9.05. The first-order chi connectivity index (χ1) is 13.8. The molecule has 7 nitrogen and oxygen atoms in total. The van der Waals surface area contributed by atoms with Gasteiger partial charge in [0.2, 0.25) is 0 Å². The molecule has 0 heterocycles. The Bertz CT molecular complexity index is 960. The molecule has 1 aliphatic carbocycles. The molecule has 0 aromatic heterocycles. The number of carbonyl (C=O) groups excluding carboxylic acids is 2. The van der Waals surface area contributed by atoms with Crippen LogP contribution in [-0.4, -0.2) is 23.4 Å². The van der Waals surface area contributed by atoms with E-state index in [1.807, 2.05) is 13.0 Å². The van der Waals surface area contributed by atoms with Gasteiger partial charge in [0.05, 0.1) is 11.0 Å². The summed E-state index contributed by atoms with van der Waals surface area (Å²) in [6.45, 7) is 1.32. The summed E-state index contributed by atoms with van der Waals surface area (Å²) in [5.41, 5.74) is 2.94. The highest BCUT2D eigenvalue weighted by Gasteiger charge is 2.23. The van der Waals surface area contributed by atoms with E-state index in [9.17, 15) is 19.7 Å². The number of esters is 1. The van der Waals surface area contributed by atoms with Crippen LogP contribution in [0, 0.1) is 10.1 Å². The first-order valence-electron chi connectivity index (χ1n) is 9.37. The van der Waals surface area contributed by atoms with Crippen LogP contribution in [0.2, 0.25) is 5.02 Å². The maximum Gasteiger partial charge on any atom is 0.345 e. The van der Waals surface area contributed by atoms with Crippen LogP contribution in [0.4, 0.5) is 5.69 Å². The van der Waals surface area contributed by atoms with Crippen molar-refractivity contribution in [3.8, 4) is 0 Å². The third-order valence-electron chi connectivity index (χ3n) is 4.96. The lowest BCUT2D eigenvalue weighted by Crippen LogP contribution is -2.31. The van der Waals surface area contributed by atoms with Crippen molar-refractivity contribution in [2.75, 3.05) is 6.61 Å². The highest BCUT2D eigenvalue weighted by molar-refractivity contribution is 6.31. The molecule has 0 saturated carbocycles. The van der Waals surface area contributed by atoms with E-state index in [0.717, 1.165) is 24.5 Å². The van der Waals surface area contributed by atoms with Gasteiger partial charge in [0, 0.05) is 11.1 Å². The fourth-order valence-electron chi connectivity index (χ4n) is 3.43. The number of nitrogens with one attached hydrogen (secondary N) is 1. The van der Waals surface area contributed by atoms with Gasteiger partial charge in [-0.1, -0.05) is 29.8 Å². The summed E-state index contributed by atoms with van der Waals surface area (Å²) in [4.78, 5) is 34.7. The first kappa shape index (κ1) is 20.8. The minimum Gasteiger partial charge on any atom is -0.452 e. The molecule has 1 N–H and O–H groups in total. The second-order valence-corrected chi connectivity index (χ2v) is 7.46. The third kappa shape index (κ3) is 5.12. The number of nitro benzene ring substituents is 1. The Labute approximate surface area is 173 Å². The van der Waals surface area contributed by atoms with E-state index in [2.05, 4.69) is 17.4 Å². The van der Waals surface area contributed by atoms with E-state index >= 15 is 0 Å². The highest BCUT2D eigenvalue weighted by Crippen LogP contribution is 2.25. The van der Waals surface area contributed by atoms with Crippen molar-refractivity contribution in [3.63, 3.8) is 0 Å². The van der Waals surface area contributed by atoms with E-state index in [-0.39, 0.29) is 16.6 Å². The quantitative estimate of drug-likeness (QED) is 0.433. The van der Waals surface area contributed by atoms with Crippen molar-refractivity contribution in [1.82, 2.24) is 5.32 Å². The Morgan fingerprint density at radius 1 is 1.17 bits per heavy atom. The monoisotopic (exact) mass is 416 g/mol. The molecule has 0 bridgehead atoms. The molecule has 0 spiro atoms. The summed E-state index contributed by atoms with van der Waals surface area (Å²) >= 11 is 5.73. The van der Waals surface area contributed by atoms with Crippen molar-refractivity contribution >= 4 is 29.2 Å². The molecule has 1 aliphatic rings. The van der Waals surface area contributed by atoms with Crippen LogP contribution >= 0.6 is 11.6 Å². The lowest BCUT2D eigenvalue weighted by Gasteiger charge is -2.20. The smallest absolute Gasteiger partial charge is 0.345 e. The summed E-state index contributed by atoms with van der Waals surface area (Å²) in [5, 5.41) is 14.0. The van der Waals surface area contributed by atoms with Gasteiger partial charge in [-0.2, -0.15) is 0 Å². The Morgan fingerprint density at radius 3 is 2.62 bits per heavy atom. The predicted octanol–water partition coefficient (Wildman–Crippen LogP) is 4.16. The number of hydrogen-bond donors (Lipinski definition) is 1. The van der Waals surface area contributed by atoms with Crippen LogP contribution in [0.5, 0.6) is 0 Å². The van der Waals surface area contributed by atoms with E-state index in [1.54, 1.807) is 0 Å². The van der Waals surface area contributed by atoms with Gasteiger partial charge in [-0.25, -0.2) is 4.79 Å². The molecule has 0 radical (unpaired) electrons. The number of amides is 1. The van der Waals surface area contributed by atoms with Gasteiger partial charge in [-0.3, -0.25) is 14.9 Å². The number of nitro groups is 1. The number of hydrogen-bond acceptors (Lipinski definition) is 5. The van der Waals surface area contributed by atoms with Gasteiger partial charge in [0.1, 0.15) is 5.56 Å². The van der Waals surface area contributed by atoms with Crippen LogP contribution in [0.3, 0.4) is 0 Å². The Balaban J connectivity index is 1.58. The van der Waals surface area contributed by atoms with Crippen LogP contribution in [0.15, 0.2) is 36.4 Å². The van der Waals surface area contributed by atoms with E-state index < -0.39 is 29.1 Å². The van der Waals surface area contributed by atoms with Crippen LogP contribution < -0.4 is 5.32 Å². The van der Waals surface area contributed by atoms with Gasteiger partial charge >= 0.3 is 5.97 Å². The molecule has 0 fully saturated rings. The highest BCUT2D eigenvalue weighted by atomic mass is 35.5. The van der Waals surface area contributed by atoms with Gasteiger partial charge < -0.3 is 10.1 Å². The molecule has 152 valence electrons. The lowest BCUT2D eigenvalue weighted by atomic mass is 9.89. The Morgan fingerprint density at radius 2 is 1.90 bits per heavy atom. The Hall–Kier alpha value is -2.93. The molecule has 1 atom stereocenters. The molecule has 3 rings (SSSR count). The summed E-state index contributed by atoms with van der Waals surface area (Å²) in [7, 11) is 0. The molecule has 8 heteroatoms. The fourth-order valence-corrected chi connectivity index (χ4v) is 3.59. The van der Waals surface area contributed by atoms with E-state index in [1.165, 1.54) is 36.1 Å². The number of benzene rings is 2. The van der Waals surface area contributed by atoms with Crippen molar-refractivity contribution in [1.29, 1.82) is 0 Å². The van der Waals surface area contributed by atoms with Crippen molar-refractivity contribution < 1.29 is 19.2 Å². The fraction of sp³-hybridized carbons (Fsp3) is 0.333. The SMILES string of the molecule is C[C@@H](NC(=O)COC(=O)c1ccc(Cl)cc1[N+](=O)[O-])c1ccc2c(c1)CCCC2. The number of halogens is 1. The maximum atomic E-state index is 12.2. The average molecular weight is 417 g/mol. The van der Waals surface area contributed by atoms with Gasteiger partial charge in [0.25, 0.3) is 11.6 Å². The topological polar surface area (TPSA) is 98.5 Å². The Kier molecular flexibility index (Phi) is 6.49. The number of fused-ring (bicyclic) bond motifs is 1. The van der Waals surface area contributed by atoms with E-state index in [4.69, 9.17) is 16.3 Å². The van der Waals surface area contributed by atoms with Gasteiger partial charge in [-0.15, -0.1) is 0 Å². The zero-order chi connectivity index (χ0) is 21.0. The van der Waals surface area contributed by atoms with Crippen molar-refractivity contribution in [2.45, 2.75) is 38.6 Å². The lowest BCUT2D eigenvalue weighted by molar-refractivity contribution is -0.385. The number of rotatable bonds is 6. The third-order valence-corrected chi connectivity index (χ3v) is 5.20. The molecule has 2 aromatic carbocycles. The minimum atomic E-state index is -0.954. The molecule has 2 aromatic rings. The average Bonchev–Trinajstić information content (AvgIpc) is 2.71. The summed E-state index contributed by atoms with van der Waals surface area (Å²) in [5.74, 6) is -1.44. The maximum absolute atomic E-state index is 12.2. The second-order valence-electron chi connectivity index (χ2n) is 7.02. The van der Waals surface area contributed by atoms with Crippen LogP contribution in [0.25, 0.3) is 0 Å². The first-order valence-corrected chi connectivity index (χ1v) is 9.75. The molecule has 29 heavy (non-hydrogen) atoms.